The molecule has 4 heteroatoms. The van der Waals surface area contributed by atoms with Crippen LogP contribution in [0.3, 0.4) is 0 Å². The molecule has 1 heterocycles. The van der Waals surface area contributed by atoms with Gasteiger partial charge in [0.1, 0.15) is 0 Å². The first kappa shape index (κ1) is 16.0. The molecule has 0 amide bonds. The summed E-state index contributed by atoms with van der Waals surface area (Å²) < 4.78 is 0. The van der Waals surface area contributed by atoms with Gasteiger partial charge in [-0.1, -0.05) is 29.5 Å². The number of aryl methyl sites for hydroxylation is 5. The van der Waals surface area contributed by atoms with Crippen LogP contribution in [0.1, 0.15) is 39.7 Å². The Morgan fingerprint density at radius 3 is 2.00 bits per heavy atom. The number of thioether (sulfide) groups is 1. The fraction of sp³-hybridized carbons (Fsp3) is 0.412. The lowest BCUT2D eigenvalue weighted by molar-refractivity contribution is 0.806. The number of hydrogen-bond donors (Lipinski definition) is 1. The Morgan fingerprint density at radius 1 is 0.952 bits per heavy atom. The van der Waals surface area contributed by atoms with Crippen LogP contribution in [0.15, 0.2) is 23.4 Å². The standard InChI is InChI=1S/C17H23N3S/c1-10-6-11(2)16(12(3)7-10)15(18)9-21-17-19-13(4)8-14(5)20-17/h6-8,15H,9,18H2,1-5H3. The highest BCUT2D eigenvalue weighted by atomic mass is 32.2. The minimum atomic E-state index is 0.0000170. The Labute approximate surface area is 131 Å². The lowest BCUT2D eigenvalue weighted by atomic mass is 9.95. The molecule has 1 unspecified atom stereocenters. The predicted octanol–water partition coefficient (Wildman–Crippen LogP) is 3.81. The molecule has 2 aromatic rings. The number of rotatable bonds is 4. The Morgan fingerprint density at radius 2 is 1.48 bits per heavy atom. The quantitative estimate of drug-likeness (QED) is 0.689. The molecule has 0 aliphatic rings. The molecule has 0 spiro atoms. The molecule has 0 saturated heterocycles. The summed E-state index contributed by atoms with van der Waals surface area (Å²) in [5.41, 5.74) is 13.5. The Balaban J connectivity index is 2.13. The van der Waals surface area contributed by atoms with Crippen LogP contribution in [0.25, 0.3) is 0 Å². The van der Waals surface area contributed by atoms with Crippen molar-refractivity contribution in [2.24, 2.45) is 5.73 Å². The van der Waals surface area contributed by atoms with Crippen LogP contribution in [-0.2, 0) is 0 Å². The lowest BCUT2D eigenvalue weighted by Gasteiger charge is -2.18. The van der Waals surface area contributed by atoms with E-state index in [-0.39, 0.29) is 6.04 Å². The van der Waals surface area contributed by atoms with Crippen molar-refractivity contribution in [1.82, 2.24) is 9.97 Å². The largest absolute Gasteiger partial charge is 0.323 e. The van der Waals surface area contributed by atoms with Crippen LogP contribution in [0.5, 0.6) is 0 Å². The van der Waals surface area contributed by atoms with Gasteiger partial charge in [0.2, 0.25) is 0 Å². The van der Waals surface area contributed by atoms with Crippen molar-refractivity contribution in [1.29, 1.82) is 0 Å². The molecule has 0 fully saturated rings. The highest BCUT2D eigenvalue weighted by molar-refractivity contribution is 7.99. The molecule has 3 nitrogen and oxygen atoms in total. The van der Waals surface area contributed by atoms with Gasteiger partial charge in [-0.15, -0.1) is 0 Å². The van der Waals surface area contributed by atoms with Gasteiger partial charge in [-0.25, -0.2) is 9.97 Å². The van der Waals surface area contributed by atoms with E-state index in [4.69, 9.17) is 5.73 Å². The lowest BCUT2D eigenvalue weighted by Crippen LogP contribution is -2.16. The second kappa shape index (κ2) is 6.58. The third-order valence-electron chi connectivity index (χ3n) is 3.46. The summed E-state index contributed by atoms with van der Waals surface area (Å²) in [5.74, 6) is 0.785. The van der Waals surface area contributed by atoms with Crippen LogP contribution in [0, 0.1) is 34.6 Å². The summed E-state index contributed by atoms with van der Waals surface area (Å²) in [7, 11) is 0. The van der Waals surface area contributed by atoms with E-state index in [1.807, 2.05) is 19.9 Å². The minimum absolute atomic E-state index is 0.0000170. The third-order valence-corrected chi connectivity index (χ3v) is 4.43. The van der Waals surface area contributed by atoms with Crippen molar-refractivity contribution in [3.63, 3.8) is 0 Å². The van der Waals surface area contributed by atoms with Crippen LogP contribution < -0.4 is 5.73 Å². The maximum atomic E-state index is 6.39. The van der Waals surface area contributed by atoms with E-state index in [1.54, 1.807) is 11.8 Å². The first-order valence-electron chi connectivity index (χ1n) is 7.15. The van der Waals surface area contributed by atoms with Gasteiger partial charge < -0.3 is 5.73 Å². The molecule has 0 aliphatic carbocycles. The predicted molar refractivity (Wildman–Crippen MR) is 89.8 cm³/mol. The van der Waals surface area contributed by atoms with Gasteiger partial charge in [-0.3, -0.25) is 0 Å². The Kier molecular flexibility index (Phi) is 5.01. The number of hydrogen-bond acceptors (Lipinski definition) is 4. The van der Waals surface area contributed by atoms with E-state index >= 15 is 0 Å². The zero-order chi connectivity index (χ0) is 15.6. The van der Waals surface area contributed by atoms with Crippen molar-refractivity contribution in [3.8, 4) is 0 Å². The van der Waals surface area contributed by atoms with Crippen molar-refractivity contribution >= 4 is 11.8 Å². The zero-order valence-electron chi connectivity index (χ0n) is 13.4. The molecule has 2 rings (SSSR count). The maximum absolute atomic E-state index is 6.39. The second-order valence-corrected chi connectivity index (χ2v) is 6.65. The zero-order valence-corrected chi connectivity index (χ0v) is 14.2. The Hall–Kier alpha value is -1.39. The molecule has 0 aliphatic heterocycles. The van der Waals surface area contributed by atoms with E-state index in [1.165, 1.54) is 22.3 Å². The smallest absolute Gasteiger partial charge is 0.188 e. The molecule has 0 bridgehead atoms. The summed E-state index contributed by atoms with van der Waals surface area (Å²) in [4.78, 5) is 8.91. The number of benzene rings is 1. The summed E-state index contributed by atoms with van der Waals surface area (Å²) in [6.45, 7) is 10.4. The highest BCUT2D eigenvalue weighted by Gasteiger charge is 2.14. The normalized spacial score (nSPS) is 12.5. The van der Waals surface area contributed by atoms with E-state index in [2.05, 4.69) is 42.9 Å². The van der Waals surface area contributed by atoms with E-state index in [0.29, 0.717) is 0 Å². The summed E-state index contributed by atoms with van der Waals surface area (Å²) in [6, 6.07) is 6.37. The van der Waals surface area contributed by atoms with Crippen molar-refractivity contribution < 1.29 is 0 Å². The fourth-order valence-corrected chi connectivity index (χ4v) is 3.69. The van der Waals surface area contributed by atoms with E-state index in [0.717, 1.165) is 22.3 Å². The van der Waals surface area contributed by atoms with Crippen molar-refractivity contribution in [2.75, 3.05) is 5.75 Å². The molecule has 112 valence electrons. The number of nitrogens with two attached hydrogens (primary N) is 1. The van der Waals surface area contributed by atoms with Gasteiger partial charge in [-0.05, 0) is 57.4 Å². The van der Waals surface area contributed by atoms with Crippen LogP contribution in [0.4, 0.5) is 0 Å². The van der Waals surface area contributed by atoms with Crippen LogP contribution in [-0.4, -0.2) is 15.7 Å². The molecule has 0 saturated carbocycles. The SMILES string of the molecule is Cc1cc(C)c(C(N)CSc2nc(C)cc(C)n2)c(C)c1. The average molecular weight is 301 g/mol. The van der Waals surface area contributed by atoms with Gasteiger partial charge in [-0.2, -0.15) is 0 Å². The van der Waals surface area contributed by atoms with Gasteiger partial charge in [0.25, 0.3) is 0 Å². The van der Waals surface area contributed by atoms with Crippen LogP contribution in [0.2, 0.25) is 0 Å². The van der Waals surface area contributed by atoms with Gasteiger partial charge >= 0.3 is 0 Å². The highest BCUT2D eigenvalue weighted by Crippen LogP contribution is 2.26. The number of aromatic nitrogens is 2. The number of nitrogens with zero attached hydrogens (tertiary/aromatic N) is 2. The van der Waals surface area contributed by atoms with Gasteiger partial charge in [0.15, 0.2) is 5.16 Å². The molecule has 0 radical (unpaired) electrons. The van der Waals surface area contributed by atoms with Crippen molar-refractivity contribution in [2.45, 2.75) is 45.8 Å². The fourth-order valence-electron chi connectivity index (χ4n) is 2.78. The molecule has 1 atom stereocenters. The summed E-state index contributed by atoms with van der Waals surface area (Å²) in [6.07, 6.45) is 0. The van der Waals surface area contributed by atoms with E-state index in [9.17, 15) is 0 Å². The van der Waals surface area contributed by atoms with Crippen LogP contribution >= 0.6 is 11.8 Å². The van der Waals surface area contributed by atoms with Gasteiger partial charge in [0, 0.05) is 23.2 Å². The summed E-state index contributed by atoms with van der Waals surface area (Å²) in [5, 5.41) is 0.811. The maximum Gasteiger partial charge on any atom is 0.188 e. The summed E-state index contributed by atoms with van der Waals surface area (Å²) >= 11 is 1.63. The second-order valence-electron chi connectivity index (χ2n) is 5.66. The van der Waals surface area contributed by atoms with Crippen molar-refractivity contribution in [3.05, 3.63) is 51.8 Å². The molecular formula is C17H23N3S. The molecular weight excluding hydrogens is 278 g/mol. The average Bonchev–Trinajstić information content (AvgIpc) is 2.34. The van der Waals surface area contributed by atoms with Gasteiger partial charge in [0.05, 0.1) is 0 Å². The Bertz CT molecular complexity index is 609. The molecule has 1 aromatic heterocycles. The monoisotopic (exact) mass is 301 g/mol. The molecule has 2 N–H and O–H groups in total. The first-order valence-corrected chi connectivity index (χ1v) is 8.14. The first-order chi connectivity index (χ1) is 9.86. The topological polar surface area (TPSA) is 51.8 Å². The molecule has 21 heavy (non-hydrogen) atoms. The van der Waals surface area contributed by atoms with E-state index < -0.39 is 0 Å². The molecule has 1 aromatic carbocycles. The third kappa shape index (κ3) is 4.05. The minimum Gasteiger partial charge on any atom is -0.323 e.